The van der Waals surface area contributed by atoms with Crippen molar-refractivity contribution in [2.24, 2.45) is 17.6 Å². The van der Waals surface area contributed by atoms with Gasteiger partial charge in [0.05, 0.1) is 19.2 Å². The van der Waals surface area contributed by atoms with Crippen LogP contribution in [0.1, 0.15) is 40.5 Å². The van der Waals surface area contributed by atoms with Gasteiger partial charge in [-0.05, 0) is 24.7 Å². The van der Waals surface area contributed by atoms with Crippen LogP contribution in [0, 0.1) is 11.8 Å². The molecule has 0 bridgehead atoms. The second kappa shape index (κ2) is 12.2. The quantitative estimate of drug-likeness (QED) is 0.238. The van der Waals surface area contributed by atoms with E-state index in [1.807, 2.05) is 27.7 Å². The number of aliphatic carboxylic acids is 1. The van der Waals surface area contributed by atoms with Crippen LogP contribution in [0.4, 0.5) is 0 Å². The third-order valence-electron chi connectivity index (χ3n) is 3.64. The van der Waals surface area contributed by atoms with Crippen LogP contribution < -0.4 is 21.7 Å². The Morgan fingerprint density at radius 2 is 1.44 bits per heavy atom. The van der Waals surface area contributed by atoms with Crippen molar-refractivity contribution in [2.75, 3.05) is 13.2 Å². The molecule has 0 fully saturated rings. The summed E-state index contributed by atoms with van der Waals surface area (Å²) < 4.78 is 0. The summed E-state index contributed by atoms with van der Waals surface area (Å²) in [5.74, 6) is -2.85. The Balaban J connectivity index is 4.76. The number of rotatable bonds is 12. The first-order valence-electron chi connectivity index (χ1n) is 8.94. The summed E-state index contributed by atoms with van der Waals surface area (Å²) in [4.78, 5) is 47.0. The lowest BCUT2D eigenvalue weighted by molar-refractivity contribution is -0.142. The zero-order valence-corrected chi connectivity index (χ0v) is 16.3. The number of hydrogen-bond acceptors (Lipinski definition) is 6. The van der Waals surface area contributed by atoms with Crippen LogP contribution in [0.25, 0.3) is 0 Å². The molecule has 0 heterocycles. The lowest BCUT2D eigenvalue weighted by Gasteiger charge is -2.22. The van der Waals surface area contributed by atoms with Crippen molar-refractivity contribution >= 4 is 23.7 Å². The molecule has 10 nitrogen and oxygen atoms in total. The molecule has 0 aromatic rings. The second-order valence-corrected chi connectivity index (χ2v) is 7.29. The molecule has 0 aromatic heterocycles. The van der Waals surface area contributed by atoms with Crippen LogP contribution in [0.15, 0.2) is 0 Å². The molecule has 7 N–H and O–H groups in total. The standard InChI is InChI=1S/C17H32N4O6/c1-9(2)5-11(18)15(24)21-12(6-10(3)4)16(25)19-7-14(23)20-13(8-22)17(26)27/h9-13,22H,5-8,18H2,1-4H3,(H,19,25)(H,20,23)(H,21,24)(H,26,27). The van der Waals surface area contributed by atoms with Crippen LogP contribution in [0.3, 0.4) is 0 Å². The van der Waals surface area contributed by atoms with Crippen LogP contribution in [-0.4, -0.2) is 65.2 Å². The molecule has 0 spiro atoms. The van der Waals surface area contributed by atoms with Crippen molar-refractivity contribution in [2.45, 2.75) is 58.7 Å². The lowest BCUT2D eigenvalue weighted by atomic mass is 10.0. The smallest absolute Gasteiger partial charge is 0.328 e. The van der Waals surface area contributed by atoms with Gasteiger partial charge in [-0.1, -0.05) is 27.7 Å². The van der Waals surface area contributed by atoms with Crippen molar-refractivity contribution in [1.29, 1.82) is 0 Å². The summed E-state index contributed by atoms with van der Waals surface area (Å²) in [5, 5.41) is 24.7. The SMILES string of the molecule is CC(C)CC(N)C(=O)NC(CC(C)C)C(=O)NCC(=O)NC(CO)C(=O)O. The fourth-order valence-corrected chi connectivity index (χ4v) is 2.32. The predicted octanol–water partition coefficient (Wildman–Crippen LogP) is -1.43. The second-order valence-electron chi connectivity index (χ2n) is 7.29. The van der Waals surface area contributed by atoms with E-state index in [1.54, 1.807) is 0 Å². The molecule has 3 amide bonds. The monoisotopic (exact) mass is 388 g/mol. The number of carboxylic acids is 1. The van der Waals surface area contributed by atoms with Gasteiger partial charge >= 0.3 is 5.97 Å². The molecule has 0 aliphatic heterocycles. The molecule has 0 saturated carbocycles. The van der Waals surface area contributed by atoms with E-state index in [2.05, 4.69) is 16.0 Å². The van der Waals surface area contributed by atoms with Crippen LogP contribution >= 0.6 is 0 Å². The summed E-state index contributed by atoms with van der Waals surface area (Å²) >= 11 is 0. The van der Waals surface area contributed by atoms with Crippen LogP contribution in [0.2, 0.25) is 0 Å². The van der Waals surface area contributed by atoms with E-state index >= 15 is 0 Å². The first-order chi connectivity index (χ1) is 12.5. The molecule has 10 heteroatoms. The van der Waals surface area contributed by atoms with Gasteiger partial charge in [-0.15, -0.1) is 0 Å². The van der Waals surface area contributed by atoms with Crippen molar-refractivity contribution in [3.63, 3.8) is 0 Å². The zero-order chi connectivity index (χ0) is 21.1. The van der Waals surface area contributed by atoms with Gasteiger partial charge in [0.2, 0.25) is 17.7 Å². The molecule has 3 unspecified atom stereocenters. The van der Waals surface area contributed by atoms with Gasteiger partial charge in [0.25, 0.3) is 0 Å². The molecular weight excluding hydrogens is 356 g/mol. The van der Waals surface area contributed by atoms with E-state index in [0.29, 0.717) is 12.8 Å². The summed E-state index contributed by atoms with van der Waals surface area (Å²) in [6.45, 7) is 6.37. The maximum absolute atomic E-state index is 12.3. The van der Waals surface area contributed by atoms with Crippen molar-refractivity contribution in [1.82, 2.24) is 16.0 Å². The number of carbonyl (C=O) groups is 4. The van der Waals surface area contributed by atoms with Gasteiger partial charge < -0.3 is 31.9 Å². The topological polar surface area (TPSA) is 171 Å². The van der Waals surface area contributed by atoms with Gasteiger partial charge in [-0.3, -0.25) is 14.4 Å². The van der Waals surface area contributed by atoms with E-state index < -0.39 is 55.0 Å². The summed E-state index contributed by atoms with van der Waals surface area (Å²) in [6, 6.07) is -3.05. The molecule has 0 saturated heterocycles. The van der Waals surface area contributed by atoms with E-state index in [-0.39, 0.29) is 11.8 Å². The number of carbonyl (C=O) groups excluding carboxylic acids is 3. The first kappa shape index (κ1) is 24.8. The highest BCUT2D eigenvalue weighted by Gasteiger charge is 2.26. The molecule has 3 atom stereocenters. The van der Waals surface area contributed by atoms with Crippen molar-refractivity contribution < 1.29 is 29.4 Å². The largest absolute Gasteiger partial charge is 0.480 e. The summed E-state index contributed by atoms with van der Waals surface area (Å²) in [7, 11) is 0. The van der Waals surface area contributed by atoms with E-state index in [9.17, 15) is 19.2 Å². The van der Waals surface area contributed by atoms with Gasteiger partial charge in [0.1, 0.15) is 12.1 Å². The Morgan fingerprint density at radius 3 is 1.89 bits per heavy atom. The zero-order valence-electron chi connectivity index (χ0n) is 16.3. The predicted molar refractivity (Wildman–Crippen MR) is 98.5 cm³/mol. The molecule has 0 aromatic carbocycles. The molecule has 156 valence electrons. The number of hydrogen-bond donors (Lipinski definition) is 6. The lowest BCUT2D eigenvalue weighted by Crippen LogP contribution is -2.54. The molecule has 27 heavy (non-hydrogen) atoms. The summed E-state index contributed by atoms with van der Waals surface area (Å²) in [5.41, 5.74) is 5.83. The summed E-state index contributed by atoms with van der Waals surface area (Å²) in [6.07, 6.45) is 0.823. The fourth-order valence-electron chi connectivity index (χ4n) is 2.32. The Labute approximate surface area is 159 Å². The Bertz CT molecular complexity index is 524. The molecular formula is C17H32N4O6. The number of amides is 3. The number of aliphatic hydroxyl groups excluding tert-OH is 1. The average Bonchev–Trinajstić information content (AvgIpc) is 2.55. The Hall–Kier alpha value is -2.20. The van der Waals surface area contributed by atoms with Gasteiger partial charge in [0, 0.05) is 0 Å². The Morgan fingerprint density at radius 1 is 0.889 bits per heavy atom. The third kappa shape index (κ3) is 10.5. The number of nitrogens with two attached hydrogens (primary N) is 1. The van der Waals surface area contributed by atoms with E-state index in [0.717, 1.165) is 0 Å². The van der Waals surface area contributed by atoms with E-state index in [1.165, 1.54) is 0 Å². The number of nitrogens with one attached hydrogen (secondary N) is 3. The van der Waals surface area contributed by atoms with Crippen molar-refractivity contribution in [3.05, 3.63) is 0 Å². The van der Waals surface area contributed by atoms with Crippen LogP contribution in [-0.2, 0) is 19.2 Å². The number of aliphatic hydroxyl groups is 1. The average molecular weight is 388 g/mol. The number of carboxylic acid groups (broad SMARTS) is 1. The third-order valence-corrected chi connectivity index (χ3v) is 3.64. The van der Waals surface area contributed by atoms with Crippen molar-refractivity contribution in [3.8, 4) is 0 Å². The van der Waals surface area contributed by atoms with E-state index in [4.69, 9.17) is 15.9 Å². The minimum Gasteiger partial charge on any atom is -0.480 e. The molecule has 0 aliphatic rings. The maximum Gasteiger partial charge on any atom is 0.328 e. The highest BCUT2D eigenvalue weighted by atomic mass is 16.4. The molecule has 0 rings (SSSR count). The van der Waals surface area contributed by atoms with Gasteiger partial charge in [-0.25, -0.2) is 4.79 Å². The van der Waals surface area contributed by atoms with Crippen LogP contribution in [0.5, 0.6) is 0 Å². The van der Waals surface area contributed by atoms with Gasteiger partial charge in [0.15, 0.2) is 0 Å². The Kier molecular flexibility index (Phi) is 11.2. The molecule has 0 radical (unpaired) electrons. The normalized spacial score (nSPS) is 14.4. The first-order valence-corrected chi connectivity index (χ1v) is 8.94. The fraction of sp³-hybridized carbons (Fsp3) is 0.765. The highest BCUT2D eigenvalue weighted by Crippen LogP contribution is 2.07. The minimum atomic E-state index is -1.45. The minimum absolute atomic E-state index is 0.0991. The highest BCUT2D eigenvalue weighted by molar-refractivity contribution is 5.92. The van der Waals surface area contributed by atoms with Gasteiger partial charge in [-0.2, -0.15) is 0 Å². The maximum atomic E-state index is 12.3. The molecule has 0 aliphatic carbocycles.